The molecule has 1 aromatic rings. The Labute approximate surface area is 66.7 Å². The van der Waals surface area contributed by atoms with Gasteiger partial charge in [-0.3, -0.25) is 4.57 Å². The van der Waals surface area contributed by atoms with Gasteiger partial charge in [0.15, 0.2) is 11.4 Å². The molecular formula is C6H6N2O4. The van der Waals surface area contributed by atoms with Crippen LogP contribution < -0.4 is 5.69 Å². The maximum Gasteiger partial charge on any atom is 0.356 e. The van der Waals surface area contributed by atoms with Crippen LogP contribution in [0.1, 0.15) is 10.5 Å². The second-order valence-electron chi connectivity index (χ2n) is 2.14. The average molecular weight is 170 g/mol. The summed E-state index contributed by atoms with van der Waals surface area (Å²) in [5, 5.41) is 17.5. The van der Waals surface area contributed by atoms with Crippen molar-refractivity contribution in [2.45, 2.75) is 0 Å². The summed E-state index contributed by atoms with van der Waals surface area (Å²) in [5.41, 5.74) is -1.18. The summed E-state index contributed by atoms with van der Waals surface area (Å²) < 4.78 is 0.762. The number of nitrogens with zero attached hydrogens (tertiary/aromatic N) is 2. The highest BCUT2D eigenvalue weighted by Gasteiger charge is 2.14. The van der Waals surface area contributed by atoms with E-state index in [9.17, 15) is 9.59 Å². The molecule has 1 heterocycles. The zero-order valence-corrected chi connectivity index (χ0v) is 6.18. The molecule has 6 nitrogen and oxygen atoms in total. The largest absolute Gasteiger partial charge is 0.504 e. The van der Waals surface area contributed by atoms with E-state index in [2.05, 4.69) is 4.98 Å². The van der Waals surface area contributed by atoms with Crippen LogP contribution in [0, 0.1) is 0 Å². The molecule has 0 spiro atoms. The van der Waals surface area contributed by atoms with Crippen LogP contribution in [0.5, 0.6) is 5.75 Å². The van der Waals surface area contributed by atoms with Crippen molar-refractivity contribution in [1.82, 2.24) is 9.55 Å². The van der Waals surface area contributed by atoms with Crippen molar-refractivity contribution in [3.63, 3.8) is 0 Å². The Hall–Kier alpha value is -1.85. The fourth-order valence-corrected chi connectivity index (χ4v) is 0.785. The SMILES string of the molecule is Cn1c(C(=O)O)c(O)cnc1=O. The van der Waals surface area contributed by atoms with Crippen LogP contribution in [0.15, 0.2) is 11.0 Å². The van der Waals surface area contributed by atoms with E-state index < -0.39 is 23.1 Å². The van der Waals surface area contributed by atoms with Crippen LogP contribution in [0.3, 0.4) is 0 Å². The van der Waals surface area contributed by atoms with Gasteiger partial charge in [0.2, 0.25) is 0 Å². The number of rotatable bonds is 1. The number of carboxylic acid groups (broad SMARTS) is 1. The van der Waals surface area contributed by atoms with E-state index in [1.54, 1.807) is 0 Å². The van der Waals surface area contributed by atoms with Gasteiger partial charge in [-0.25, -0.2) is 9.59 Å². The fourth-order valence-electron chi connectivity index (χ4n) is 0.785. The van der Waals surface area contributed by atoms with Gasteiger partial charge in [0.05, 0.1) is 6.20 Å². The second kappa shape index (κ2) is 2.65. The summed E-state index contributed by atoms with van der Waals surface area (Å²) in [4.78, 5) is 24.4. The molecule has 64 valence electrons. The van der Waals surface area contributed by atoms with E-state index in [4.69, 9.17) is 10.2 Å². The molecule has 12 heavy (non-hydrogen) atoms. The monoisotopic (exact) mass is 170 g/mol. The molecule has 0 aliphatic heterocycles. The minimum Gasteiger partial charge on any atom is -0.504 e. The van der Waals surface area contributed by atoms with E-state index in [0.717, 1.165) is 10.8 Å². The molecule has 0 saturated carbocycles. The number of aromatic hydroxyl groups is 1. The van der Waals surface area contributed by atoms with E-state index in [0.29, 0.717) is 0 Å². The van der Waals surface area contributed by atoms with Crippen molar-refractivity contribution in [3.8, 4) is 5.75 Å². The maximum atomic E-state index is 10.8. The third kappa shape index (κ3) is 1.14. The summed E-state index contributed by atoms with van der Waals surface area (Å²) in [7, 11) is 1.22. The van der Waals surface area contributed by atoms with Gasteiger partial charge >= 0.3 is 11.7 Å². The summed E-state index contributed by atoms with van der Waals surface area (Å²) in [6.45, 7) is 0. The number of hydrogen-bond acceptors (Lipinski definition) is 4. The number of aromatic nitrogens is 2. The predicted octanol–water partition coefficient (Wildman–Crippen LogP) is -0.816. The molecule has 2 N–H and O–H groups in total. The smallest absolute Gasteiger partial charge is 0.356 e. The zero-order valence-electron chi connectivity index (χ0n) is 6.18. The van der Waals surface area contributed by atoms with E-state index in [1.165, 1.54) is 7.05 Å². The molecule has 0 saturated heterocycles. The molecule has 0 aromatic carbocycles. The van der Waals surface area contributed by atoms with Crippen molar-refractivity contribution in [3.05, 3.63) is 22.4 Å². The second-order valence-corrected chi connectivity index (χ2v) is 2.14. The first-order valence-corrected chi connectivity index (χ1v) is 3.02. The van der Waals surface area contributed by atoms with Crippen molar-refractivity contribution < 1.29 is 15.0 Å². The molecule has 0 bridgehead atoms. The number of aromatic carboxylic acids is 1. The highest BCUT2D eigenvalue weighted by atomic mass is 16.4. The lowest BCUT2D eigenvalue weighted by Crippen LogP contribution is -2.24. The van der Waals surface area contributed by atoms with Gasteiger partial charge in [-0.1, -0.05) is 0 Å². The molecule has 0 fully saturated rings. The minimum atomic E-state index is -1.37. The van der Waals surface area contributed by atoms with Crippen LogP contribution in [0.25, 0.3) is 0 Å². The molecule has 0 radical (unpaired) electrons. The first-order valence-electron chi connectivity index (χ1n) is 3.02. The third-order valence-corrected chi connectivity index (χ3v) is 1.36. The van der Waals surface area contributed by atoms with Gasteiger partial charge in [-0.05, 0) is 0 Å². The molecular weight excluding hydrogens is 164 g/mol. The summed E-state index contributed by atoms with van der Waals surface area (Å²) in [5.74, 6) is -1.89. The van der Waals surface area contributed by atoms with Gasteiger partial charge in [0.25, 0.3) is 0 Å². The van der Waals surface area contributed by atoms with E-state index in [-0.39, 0.29) is 0 Å². The van der Waals surface area contributed by atoms with Gasteiger partial charge in [0, 0.05) is 7.05 Å². The summed E-state index contributed by atoms with van der Waals surface area (Å²) in [6, 6.07) is 0. The molecule has 6 heteroatoms. The molecule has 0 unspecified atom stereocenters. The maximum absolute atomic E-state index is 10.8. The Morgan fingerprint density at radius 2 is 2.25 bits per heavy atom. The molecule has 0 aliphatic rings. The molecule has 0 aliphatic carbocycles. The average Bonchev–Trinajstić information content (AvgIpc) is 1.97. The number of hydrogen-bond donors (Lipinski definition) is 2. The third-order valence-electron chi connectivity index (χ3n) is 1.36. The zero-order chi connectivity index (χ0) is 9.30. The Bertz CT molecular complexity index is 382. The summed E-state index contributed by atoms with van der Waals surface area (Å²) in [6.07, 6.45) is 0.811. The lowest BCUT2D eigenvalue weighted by molar-refractivity contribution is 0.0680. The van der Waals surface area contributed by atoms with Crippen LogP contribution in [0.2, 0.25) is 0 Å². The van der Waals surface area contributed by atoms with Gasteiger partial charge in [-0.15, -0.1) is 0 Å². The quantitative estimate of drug-likeness (QED) is 0.574. The summed E-state index contributed by atoms with van der Waals surface area (Å²) >= 11 is 0. The Kier molecular flexibility index (Phi) is 1.82. The number of carboxylic acids is 1. The molecule has 0 atom stereocenters. The van der Waals surface area contributed by atoms with Crippen LogP contribution in [-0.4, -0.2) is 25.7 Å². The van der Waals surface area contributed by atoms with Crippen LogP contribution in [0.4, 0.5) is 0 Å². The first kappa shape index (κ1) is 8.25. The Balaban J connectivity index is 3.54. The molecule has 1 rings (SSSR count). The minimum absolute atomic E-state index is 0.463. The standard InChI is InChI=1S/C6H6N2O4/c1-8-4(5(10)11)3(9)2-7-6(8)12/h2,9H,1H3,(H,10,11). The van der Waals surface area contributed by atoms with Crippen molar-refractivity contribution >= 4 is 5.97 Å². The lowest BCUT2D eigenvalue weighted by atomic mass is 10.4. The Morgan fingerprint density at radius 3 is 2.67 bits per heavy atom. The fraction of sp³-hybridized carbons (Fsp3) is 0.167. The van der Waals surface area contributed by atoms with Crippen molar-refractivity contribution in [1.29, 1.82) is 0 Å². The number of carbonyl (C=O) groups is 1. The molecule has 0 amide bonds. The van der Waals surface area contributed by atoms with Crippen LogP contribution in [-0.2, 0) is 7.05 Å². The normalized spacial score (nSPS) is 9.75. The lowest BCUT2D eigenvalue weighted by Gasteiger charge is -2.02. The van der Waals surface area contributed by atoms with Crippen molar-refractivity contribution in [2.24, 2.45) is 7.05 Å². The Morgan fingerprint density at radius 1 is 1.67 bits per heavy atom. The topological polar surface area (TPSA) is 92.4 Å². The highest BCUT2D eigenvalue weighted by molar-refractivity contribution is 5.88. The first-order chi connectivity index (χ1) is 5.54. The van der Waals surface area contributed by atoms with Gasteiger partial charge in [-0.2, -0.15) is 4.98 Å². The highest BCUT2D eigenvalue weighted by Crippen LogP contribution is 2.10. The van der Waals surface area contributed by atoms with Crippen molar-refractivity contribution in [2.75, 3.05) is 0 Å². The van der Waals surface area contributed by atoms with Crippen LogP contribution >= 0.6 is 0 Å². The predicted molar refractivity (Wildman–Crippen MR) is 38.1 cm³/mol. The van der Waals surface area contributed by atoms with Gasteiger partial charge in [0.1, 0.15) is 0 Å². The van der Waals surface area contributed by atoms with E-state index in [1.807, 2.05) is 0 Å². The van der Waals surface area contributed by atoms with Gasteiger partial charge < -0.3 is 10.2 Å². The molecule has 1 aromatic heterocycles. The van der Waals surface area contributed by atoms with E-state index >= 15 is 0 Å².